The number of nitrogens with one attached hydrogen (secondary N) is 1. The summed E-state index contributed by atoms with van der Waals surface area (Å²) in [5, 5.41) is 11.9. The third-order valence-corrected chi connectivity index (χ3v) is 2.64. The highest BCUT2D eigenvalue weighted by Gasteiger charge is 2.03. The maximum Gasteiger partial charge on any atom is 0.303 e. The number of carbonyl (C=O) groups excluding carboxylic acids is 1. The van der Waals surface area contributed by atoms with E-state index in [1.807, 2.05) is 0 Å². The number of carboxylic acids is 1. The van der Waals surface area contributed by atoms with E-state index in [-0.39, 0.29) is 18.7 Å². The lowest BCUT2D eigenvalue weighted by Crippen LogP contribution is -2.25. The molecule has 0 unspecified atom stereocenters. The minimum absolute atomic E-state index is 0.0151. The van der Waals surface area contributed by atoms with Crippen molar-refractivity contribution in [2.45, 2.75) is 19.3 Å². The van der Waals surface area contributed by atoms with Gasteiger partial charge in [-0.25, -0.2) is 0 Å². The number of carbonyl (C=O) groups is 2. The molecule has 1 amide bonds. The second-order valence-electron chi connectivity index (χ2n) is 4.12. The summed E-state index contributed by atoms with van der Waals surface area (Å²) >= 11 is 3.26. The number of carboxylic acid groups (broad SMARTS) is 1. The molecule has 0 bridgehead atoms. The lowest BCUT2D eigenvalue weighted by atomic mass is 10.3. The molecule has 0 spiro atoms. The Hall–Kier alpha value is -0.700. The Balaban J connectivity index is 3.12. The lowest BCUT2D eigenvalue weighted by Gasteiger charge is -2.07. The van der Waals surface area contributed by atoms with E-state index in [2.05, 4.69) is 21.2 Å². The van der Waals surface area contributed by atoms with Gasteiger partial charge in [-0.05, 0) is 6.42 Å². The van der Waals surface area contributed by atoms with Crippen molar-refractivity contribution in [1.82, 2.24) is 5.32 Å². The van der Waals surface area contributed by atoms with Gasteiger partial charge in [-0.15, -0.1) is 0 Å². The van der Waals surface area contributed by atoms with Gasteiger partial charge in [0, 0.05) is 24.9 Å². The molecule has 0 fully saturated rings. The highest BCUT2D eigenvalue weighted by Crippen LogP contribution is 1.89. The summed E-state index contributed by atoms with van der Waals surface area (Å²) in [6.45, 7) is 3.85. The molecule has 0 saturated carbocycles. The Bertz CT molecular complexity index is 277. The van der Waals surface area contributed by atoms with E-state index in [0.29, 0.717) is 52.6 Å². The number of ether oxygens (including phenoxy) is 3. The van der Waals surface area contributed by atoms with E-state index in [4.69, 9.17) is 19.3 Å². The van der Waals surface area contributed by atoms with Gasteiger partial charge >= 0.3 is 5.97 Å². The van der Waals surface area contributed by atoms with E-state index >= 15 is 0 Å². The normalized spacial score (nSPS) is 10.5. The topological polar surface area (TPSA) is 94.1 Å². The molecular weight excluding hydrogens is 346 g/mol. The molecule has 0 aliphatic heterocycles. The maximum absolute atomic E-state index is 11.2. The second kappa shape index (κ2) is 15.7. The van der Waals surface area contributed by atoms with Gasteiger partial charge in [-0.2, -0.15) is 0 Å². The molecule has 8 heteroatoms. The summed E-state index contributed by atoms with van der Waals surface area (Å²) in [6, 6.07) is 0. The predicted molar refractivity (Wildman–Crippen MR) is 80.7 cm³/mol. The van der Waals surface area contributed by atoms with Crippen LogP contribution in [0.25, 0.3) is 0 Å². The predicted octanol–water partition coefficient (Wildman–Crippen LogP) is 0.802. The molecule has 2 N–H and O–H groups in total. The fourth-order valence-corrected chi connectivity index (χ4v) is 1.54. The van der Waals surface area contributed by atoms with Crippen LogP contribution in [0.4, 0.5) is 0 Å². The van der Waals surface area contributed by atoms with Crippen molar-refractivity contribution in [3.8, 4) is 0 Å². The van der Waals surface area contributed by atoms with Crippen LogP contribution in [0.15, 0.2) is 0 Å². The van der Waals surface area contributed by atoms with Crippen molar-refractivity contribution in [3.05, 3.63) is 0 Å². The van der Waals surface area contributed by atoms with Crippen LogP contribution in [0.2, 0.25) is 0 Å². The average Bonchev–Trinajstić information content (AvgIpc) is 2.46. The Morgan fingerprint density at radius 1 is 0.905 bits per heavy atom. The smallest absolute Gasteiger partial charge is 0.303 e. The summed E-state index contributed by atoms with van der Waals surface area (Å²) in [5.74, 6) is -1.21. The number of hydrogen-bond acceptors (Lipinski definition) is 5. The molecule has 7 nitrogen and oxygen atoms in total. The monoisotopic (exact) mass is 369 g/mol. The zero-order valence-electron chi connectivity index (χ0n) is 12.1. The first kappa shape index (κ1) is 20.3. The van der Waals surface area contributed by atoms with Gasteiger partial charge in [-0.1, -0.05) is 15.9 Å². The number of aliphatic carboxylic acids is 1. The van der Waals surface area contributed by atoms with Crippen molar-refractivity contribution in [3.63, 3.8) is 0 Å². The number of hydrogen-bond donors (Lipinski definition) is 2. The van der Waals surface area contributed by atoms with Crippen molar-refractivity contribution in [1.29, 1.82) is 0 Å². The maximum atomic E-state index is 11.2. The van der Waals surface area contributed by atoms with Crippen molar-refractivity contribution < 1.29 is 28.9 Å². The first-order chi connectivity index (χ1) is 10.2. The van der Waals surface area contributed by atoms with Crippen molar-refractivity contribution in [2.24, 2.45) is 0 Å². The molecule has 0 rings (SSSR count). The van der Waals surface area contributed by atoms with E-state index in [1.165, 1.54) is 0 Å². The zero-order valence-corrected chi connectivity index (χ0v) is 13.7. The number of halogens is 1. The summed E-state index contributed by atoms with van der Waals surface area (Å²) in [4.78, 5) is 21.4. The zero-order chi connectivity index (χ0) is 15.8. The molecule has 0 aromatic heterocycles. The Morgan fingerprint density at radius 2 is 1.48 bits per heavy atom. The fourth-order valence-electron chi connectivity index (χ4n) is 1.31. The van der Waals surface area contributed by atoms with Crippen LogP contribution < -0.4 is 5.32 Å². The molecule has 124 valence electrons. The highest BCUT2D eigenvalue weighted by molar-refractivity contribution is 9.09. The van der Waals surface area contributed by atoms with Gasteiger partial charge in [0.2, 0.25) is 5.91 Å². The van der Waals surface area contributed by atoms with E-state index in [9.17, 15) is 9.59 Å². The average molecular weight is 370 g/mol. The summed E-state index contributed by atoms with van der Waals surface area (Å²) < 4.78 is 15.8. The molecule has 0 aromatic carbocycles. The molecule has 0 atom stereocenters. The standard InChI is InChI=1S/C13H24BrNO6/c14-4-7-20-9-11-21-10-8-19-6-1-5-15-12(16)2-3-13(17)18/h1-11H2,(H,15,16)(H,17,18). The first-order valence-electron chi connectivity index (χ1n) is 6.94. The van der Waals surface area contributed by atoms with E-state index < -0.39 is 5.97 Å². The number of alkyl halides is 1. The minimum atomic E-state index is -0.967. The molecule has 0 aliphatic carbocycles. The minimum Gasteiger partial charge on any atom is -0.481 e. The summed E-state index contributed by atoms with van der Waals surface area (Å²) in [5.41, 5.74) is 0. The SMILES string of the molecule is O=C(O)CCC(=O)NCCCOCCOCCOCCBr. The van der Waals surface area contributed by atoms with Gasteiger partial charge in [0.25, 0.3) is 0 Å². The van der Waals surface area contributed by atoms with Gasteiger partial charge in [0.1, 0.15) is 0 Å². The number of amides is 1. The third kappa shape index (κ3) is 17.2. The van der Waals surface area contributed by atoms with Gasteiger partial charge in [-0.3, -0.25) is 9.59 Å². The quantitative estimate of drug-likeness (QED) is 0.327. The second-order valence-corrected chi connectivity index (χ2v) is 4.92. The Labute approximate surface area is 133 Å². The summed E-state index contributed by atoms with van der Waals surface area (Å²) in [6.07, 6.45) is 0.563. The molecule has 0 aromatic rings. The Morgan fingerprint density at radius 3 is 2.05 bits per heavy atom. The van der Waals surface area contributed by atoms with E-state index in [1.54, 1.807) is 0 Å². The van der Waals surface area contributed by atoms with Crippen LogP contribution in [-0.4, -0.2) is 68.5 Å². The molecule has 0 heterocycles. The number of rotatable bonds is 15. The molecule has 0 radical (unpaired) electrons. The largest absolute Gasteiger partial charge is 0.481 e. The van der Waals surface area contributed by atoms with E-state index in [0.717, 1.165) is 5.33 Å². The molecule has 21 heavy (non-hydrogen) atoms. The first-order valence-corrected chi connectivity index (χ1v) is 8.06. The van der Waals surface area contributed by atoms with Crippen LogP contribution in [0.1, 0.15) is 19.3 Å². The van der Waals surface area contributed by atoms with Gasteiger partial charge in [0.15, 0.2) is 0 Å². The fraction of sp³-hybridized carbons (Fsp3) is 0.846. The molecule has 0 aliphatic rings. The van der Waals surface area contributed by atoms with Crippen LogP contribution >= 0.6 is 15.9 Å². The van der Waals surface area contributed by atoms with Gasteiger partial charge in [0.05, 0.1) is 39.5 Å². The van der Waals surface area contributed by atoms with Crippen LogP contribution in [-0.2, 0) is 23.8 Å². The third-order valence-electron chi connectivity index (χ3n) is 2.32. The molecule has 0 saturated heterocycles. The van der Waals surface area contributed by atoms with Crippen LogP contribution in [0, 0.1) is 0 Å². The lowest BCUT2D eigenvalue weighted by molar-refractivity contribution is -0.138. The highest BCUT2D eigenvalue weighted by atomic mass is 79.9. The molecular formula is C13H24BrNO6. The van der Waals surface area contributed by atoms with Crippen molar-refractivity contribution in [2.75, 3.05) is 51.5 Å². The Kier molecular flexibility index (Phi) is 15.2. The van der Waals surface area contributed by atoms with Gasteiger partial charge < -0.3 is 24.6 Å². The van der Waals surface area contributed by atoms with Crippen LogP contribution in [0.3, 0.4) is 0 Å². The van der Waals surface area contributed by atoms with Crippen LogP contribution in [0.5, 0.6) is 0 Å². The van der Waals surface area contributed by atoms with Crippen molar-refractivity contribution >= 4 is 27.8 Å². The summed E-state index contributed by atoms with van der Waals surface area (Å²) in [7, 11) is 0.